The maximum Gasteiger partial charge on any atom is 0.132 e. The first-order valence-corrected chi connectivity index (χ1v) is 6.39. The van der Waals surface area contributed by atoms with E-state index < -0.39 is 0 Å². The molecule has 1 aromatic carbocycles. The fourth-order valence-electron chi connectivity index (χ4n) is 2.53. The first-order valence-electron chi connectivity index (χ1n) is 6.39. The molecule has 92 valence electrons. The van der Waals surface area contributed by atoms with E-state index in [2.05, 4.69) is 30.4 Å². The van der Waals surface area contributed by atoms with Gasteiger partial charge in [0.2, 0.25) is 0 Å². The average molecular weight is 233 g/mol. The Kier molecular flexibility index (Phi) is 2.71. The third kappa shape index (κ3) is 2.25. The molecule has 0 saturated carbocycles. The number of aryl methyl sites for hydroxylation is 1. The zero-order valence-corrected chi connectivity index (χ0v) is 10.3. The maximum atomic E-state index is 6.08. The monoisotopic (exact) mass is 233 g/mol. The zero-order chi connectivity index (χ0) is 11.7. The average Bonchev–Trinajstić information content (AvgIpc) is 2.76. The van der Waals surface area contributed by atoms with Gasteiger partial charge < -0.3 is 14.8 Å². The smallest absolute Gasteiger partial charge is 0.132 e. The van der Waals surface area contributed by atoms with Gasteiger partial charge in [-0.05, 0) is 43.5 Å². The lowest BCUT2D eigenvalue weighted by atomic mass is 10.0. The van der Waals surface area contributed by atoms with Crippen LogP contribution in [-0.4, -0.2) is 25.4 Å². The van der Waals surface area contributed by atoms with Crippen molar-refractivity contribution in [3.8, 4) is 5.75 Å². The quantitative estimate of drug-likeness (QED) is 0.851. The molecule has 2 heterocycles. The summed E-state index contributed by atoms with van der Waals surface area (Å²) in [6.07, 6.45) is 3.33. The molecule has 0 aliphatic carbocycles. The number of benzene rings is 1. The number of hydrogen-bond donors (Lipinski definition) is 1. The van der Waals surface area contributed by atoms with Crippen LogP contribution in [0.3, 0.4) is 0 Å². The van der Waals surface area contributed by atoms with Crippen LogP contribution in [0.15, 0.2) is 18.2 Å². The highest BCUT2D eigenvalue weighted by atomic mass is 16.6. The summed E-state index contributed by atoms with van der Waals surface area (Å²) >= 11 is 0. The Morgan fingerprint density at radius 2 is 2.35 bits per heavy atom. The topological polar surface area (TPSA) is 30.5 Å². The van der Waals surface area contributed by atoms with E-state index in [0.29, 0.717) is 6.61 Å². The van der Waals surface area contributed by atoms with Gasteiger partial charge in [-0.25, -0.2) is 0 Å². The van der Waals surface area contributed by atoms with Crippen LogP contribution in [0.4, 0.5) is 5.69 Å². The molecule has 1 fully saturated rings. The minimum Gasteiger partial charge on any atom is -0.485 e. The molecule has 3 heteroatoms. The molecular formula is C14H19NO2. The largest absolute Gasteiger partial charge is 0.485 e. The van der Waals surface area contributed by atoms with Crippen molar-refractivity contribution in [1.82, 2.24) is 0 Å². The van der Waals surface area contributed by atoms with Crippen molar-refractivity contribution < 1.29 is 9.47 Å². The van der Waals surface area contributed by atoms with E-state index in [4.69, 9.17) is 9.47 Å². The zero-order valence-electron chi connectivity index (χ0n) is 10.3. The van der Waals surface area contributed by atoms with Gasteiger partial charge in [0.25, 0.3) is 0 Å². The lowest BCUT2D eigenvalue weighted by molar-refractivity contribution is 0.0663. The molecule has 3 nitrogen and oxygen atoms in total. The van der Waals surface area contributed by atoms with Crippen molar-refractivity contribution in [2.75, 3.05) is 25.1 Å². The van der Waals surface area contributed by atoms with E-state index >= 15 is 0 Å². The summed E-state index contributed by atoms with van der Waals surface area (Å²) in [5, 5.41) is 3.41. The van der Waals surface area contributed by atoms with Gasteiger partial charge in [-0.1, -0.05) is 0 Å². The predicted molar refractivity (Wildman–Crippen MR) is 67.7 cm³/mol. The summed E-state index contributed by atoms with van der Waals surface area (Å²) < 4.78 is 11.5. The normalized spacial score (nSPS) is 27.4. The molecule has 1 unspecified atom stereocenters. The van der Waals surface area contributed by atoms with Crippen molar-refractivity contribution in [2.45, 2.75) is 31.8 Å². The van der Waals surface area contributed by atoms with Crippen LogP contribution < -0.4 is 10.1 Å². The van der Waals surface area contributed by atoms with Gasteiger partial charge in [0.1, 0.15) is 11.4 Å². The van der Waals surface area contributed by atoms with Crippen molar-refractivity contribution in [2.24, 2.45) is 0 Å². The molecule has 2 aliphatic heterocycles. The molecule has 0 spiro atoms. The lowest BCUT2D eigenvalue weighted by Crippen LogP contribution is -2.32. The Bertz CT molecular complexity index is 411. The highest BCUT2D eigenvalue weighted by Crippen LogP contribution is 2.30. The Morgan fingerprint density at radius 3 is 3.18 bits per heavy atom. The van der Waals surface area contributed by atoms with Gasteiger partial charge in [-0.3, -0.25) is 0 Å². The maximum absolute atomic E-state index is 6.08. The predicted octanol–water partition coefficient (Wildman–Crippen LogP) is 2.60. The third-order valence-corrected chi connectivity index (χ3v) is 3.56. The van der Waals surface area contributed by atoms with Gasteiger partial charge in [0.15, 0.2) is 0 Å². The number of fused-ring (bicyclic) bond motifs is 1. The van der Waals surface area contributed by atoms with Crippen LogP contribution in [0, 0.1) is 0 Å². The second-order valence-electron chi connectivity index (χ2n) is 5.20. The van der Waals surface area contributed by atoms with Crippen LogP contribution in [0.25, 0.3) is 0 Å². The molecule has 1 atom stereocenters. The Balaban J connectivity index is 1.79. The van der Waals surface area contributed by atoms with Crippen molar-refractivity contribution in [3.63, 3.8) is 0 Å². The summed E-state index contributed by atoms with van der Waals surface area (Å²) in [6, 6.07) is 6.36. The van der Waals surface area contributed by atoms with Crippen molar-refractivity contribution >= 4 is 5.69 Å². The summed E-state index contributed by atoms with van der Waals surface area (Å²) in [5.74, 6) is 0.973. The number of hydrogen-bond acceptors (Lipinski definition) is 3. The Morgan fingerprint density at radius 1 is 1.41 bits per heavy atom. The van der Waals surface area contributed by atoms with E-state index in [1.54, 1.807) is 0 Å². The van der Waals surface area contributed by atoms with Crippen LogP contribution in [-0.2, 0) is 11.2 Å². The second-order valence-corrected chi connectivity index (χ2v) is 5.20. The highest BCUT2D eigenvalue weighted by molar-refractivity contribution is 5.55. The molecule has 0 radical (unpaired) electrons. The first-order chi connectivity index (χ1) is 8.25. The molecule has 1 N–H and O–H groups in total. The molecule has 1 saturated heterocycles. The summed E-state index contributed by atoms with van der Waals surface area (Å²) in [6.45, 7) is 4.71. The van der Waals surface area contributed by atoms with E-state index in [-0.39, 0.29) is 5.60 Å². The minimum absolute atomic E-state index is 0.143. The molecule has 0 aromatic heterocycles. The van der Waals surface area contributed by atoms with E-state index in [1.165, 1.54) is 17.7 Å². The molecule has 2 aliphatic rings. The Labute approximate surface area is 102 Å². The minimum atomic E-state index is -0.143. The first kappa shape index (κ1) is 10.9. The van der Waals surface area contributed by atoms with Gasteiger partial charge in [0.05, 0.1) is 13.2 Å². The molecule has 17 heavy (non-hydrogen) atoms. The standard InChI is InChI=1S/C14H19NO2/c1-14(6-8-16-10-14)17-12-4-5-13-11(9-12)3-2-7-15-13/h4-5,9,15H,2-3,6-8,10H2,1H3. The Hall–Kier alpha value is -1.22. The highest BCUT2D eigenvalue weighted by Gasteiger charge is 2.32. The number of rotatable bonds is 2. The summed E-state index contributed by atoms with van der Waals surface area (Å²) in [4.78, 5) is 0. The summed E-state index contributed by atoms with van der Waals surface area (Å²) in [7, 11) is 0. The third-order valence-electron chi connectivity index (χ3n) is 3.56. The number of nitrogens with one attached hydrogen (secondary N) is 1. The summed E-state index contributed by atoms with van der Waals surface area (Å²) in [5.41, 5.74) is 2.49. The number of ether oxygens (including phenoxy) is 2. The molecule has 0 amide bonds. The van der Waals surface area contributed by atoms with Gasteiger partial charge >= 0.3 is 0 Å². The van der Waals surface area contributed by atoms with E-state index in [0.717, 1.165) is 31.7 Å². The van der Waals surface area contributed by atoms with Gasteiger partial charge in [0, 0.05) is 18.7 Å². The van der Waals surface area contributed by atoms with Crippen molar-refractivity contribution in [1.29, 1.82) is 0 Å². The van der Waals surface area contributed by atoms with E-state index in [9.17, 15) is 0 Å². The van der Waals surface area contributed by atoms with Crippen LogP contribution in [0.2, 0.25) is 0 Å². The van der Waals surface area contributed by atoms with Crippen LogP contribution in [0.5, 0.6) is 5.75 Å². The number of anilines is 1. The lowest BCUT2D eigenvalue weighted by Gasteiger charge is -2.25. The molecule has 3 rings (SSSR count). The van der Waals surface area contributed by atoms with Gasteiger partial charge in [-0.15, -0.1) is 0 Å². The fraction of sp³-hybridized carbons (Fsp3) is 0.571. The van der Waals surface area contributed by atoms with Gasteiger partial charge in [-0.2, -0.15) is 0 Å². The van der Waals surface area contributed by atoms with E-state index in [1.807, 2.05) is 0 Å². The van der Waals surface area contributed by atoms with Crippen LogP contribution >= 0.6 is 0 Å². The SMILES string of the molecule is CC1(Oc2ccc3c(c2)CCCN3)CCOC1. The fourth-order valence-corrected chi connectivity index (χ4v) is 2.53. The molecular weight excluding hydrogens is 214 g/mol. The van der Waals surface area contributed by atoms with Crippen LogP contribution in [0.1, 0.15) is 25.3 Å². The molecule has 0 bridgehead atoms. The second kappa shape index (κ2) is 4.22. The molecule has 1 aromatic rings. The van der Waals surface area contributed by atoms with Crippen molar-refractivity contribution in [3.05, 3.63) is 23.8 Å².